The van der Waals surface area contributed by atoms with Crippen LogP contribution in [0.25, 0.3) is 0 Å². The summed E-state index contributed by atoms with van der Waals surface area (Å²) in [5, 5.41) is 0. The number of nitrogens with one attached hydrogen (secondary N) is 1. The second-order valence-corrected chi connectivity index (χ2v) is 3.15. The molecule has 0 aliphatic rings. The van der Waals surface area contributed by atoms with Gasteiger partial charge in [-0.2, -0.15) is 0 Å². The Morgan fingerprint density at radius 2 is 2.50 bits per heavy atom. The van der Waals surface area contributed by atoms with Crippen molar-refractivity contribution < 1.29 is 9.53 Å². The van der Waals surface area contributed by atoms with Gasteiger partial charge in [-0.25, -0.2) is 4.98 Å². The lowest BCUT2D eigenvalue weighted by molar-refractivity contribution is -0.143. The first-order valence-corrected chi connectivity index (χ1v) is 4.95. The van der Waals surface area contributed by atoms with E-state index in [2.05, 4.69) is 16.9 Å². The number of unbranched alkanes of at least 4 members (excludes halogenated alkanes) is 1. The maximum atomic E-state index is 11.2. The minimum Gasteiger partial charge on any atom is -0.466 e. The molecule has 78 valence electrons. The highest BCUT2D eigenvalue weighted by Gasteiger charge is 2.03. The molecule has 0 saturated heterocycles. The molecule has 4 heteroatoms. The van der Waals surface area contributed by atoms with Gasteiger partial charge in [0, 0.05) is 11.9 Å². The Morgan fingerprint density at radius 3 is 3.14 bits per heavy atom. The topological polar surface area (TPSA) is 55.0 Å². The summed E-state index contributed by atoms with van der Waals surface area (Å²) in [4.78, 5) is 18.0. The highest BCUT2D eigenvalue weighted by atomic mass is 16.5. The maximum Gasteiger partial charge on any atom is 0.306 e. The molecule has 14 heavy (non-hydrogen) atoms. The van der Waals surface area contributed by atoms with Crippen LogP contribution in [0, 0.1) is 0 Å². The van der Waals surface area contributed by atoms with E-state index in [0.717, 1.165) is 18.5 Å². The van der Waals surface area contributed by atoms with Crippen molar-refractivity contribution >= 4 is 5.97 Å². The van der Waals surface area contributed by atoms with Crippen LogP contribution >= 0.6 is 0 Å². The summed E-state index contributed by atoms with van der Waals surface area (Å²) in [6.07, 6.45) is 6.41. The summed E-state index contributed by atoms with van der Waals surface area (Å²) in [6.45, 7) is 2.61. The summed E-state index contributed by atoms with van der Waals surface area (Å²) in [7, 11) is 0. The molecule has 1 N–H and O–H groups in total. The van der Waals surface area contributed by atoms with Gasteiger partial charge in [-0.1, -0.05) is 13.3 Å². The predicted molar refractivity (Wildman–Crippen MR) is 52.8 cm³/mol. The molecule has 0 fully saturated rings. The van der Waals surface area contributed by atoms with Crippen LogP contribution in [0.5, 0.6) is 0 Å². The SMILES string of the molecule is CCCCOC(=O)CCc1cnc[nH]1. The largest absolute Gasteiger partial charge is 0.466 e. The van der Waals surface area contributed by atoms with Gasteiger partial charge in [-0.3, -0.25) is 4.79 Å². The molecule has 0 aliphatic carbocycles. The smallest absolute Gasteiger partial charge is 0.306 e. The molecule has 4 nitrogen and oxygen atoms in total. The van der Waals surface area contributed by atoms with E-state index in [1.54, 1.807) is 12.5 Å². The number of rotatable bonds is 6. The van der Waals surface area contributed by atoms with E-state index in [1.807, 2.05) is 0 Å². The Morgan fingerprint density at radius 1 is 1.64 bits per heavy atom. The van der Waals surface area contributed by atoms with Crippen molar-refractivity contribution in [1.82, 2.24) is 9.97 Å². The fraction of sp³-hybridized carbons (Fsp3) is 0.600. The number of hydrogen-bond donors (Lipinski definition) is 1. The molecule has 1 aromatic heterocycles. The number of ether oxygens (including phenoxy) is 1. The van der Waals surface area contributed by atoms with Crippen LogP contribution in [0.3, 0.4) is 0 Å². The second-order valence-electron chi connectivity index (χ2n) is 3.15. The average Bonchev–Trinajstić information content (AvgIpc) is 2.68. The van der Waals surface area contributed by atoms with Crippen LogP contribution in [0.4, 0.5) is 0 Å². The van der Waals surface area contributed by atoms with E-state index in [-0.39, 0.29) is 5.97 Å². The van der Waals surface area contributed by atoms with Gasteiger partial charge in [0.05, 0.1) is 19.4 Å². The van der Waals surface area contributed by atoms with Crippen molar-refractivity contribution in [3.05, 3.63) is 18.2 Å². The lowest BCUT2D eigenvalue weighted by Crippen LogP contribution is -2.06. The predicted octanol–water partition coefficient (Wildman–Crippen LogP) is 1.69. The number of H-pyrrole nitrogens is 1. The van der Waals surface area contributed by atoms with Crippen LogP contribution < -0.4 is 0 Å². The van der Waals surface area contributed by atoms with Crippen LogP contribution in [0.15, 0.2) is 12.5 Å². The van der Waals surface area contributed by atoms with Crippen molar-refractivity contribution in [1.29, 1.82) is 0 Å². The lowest BCUT2D eigenvalue weighted by Gasteiger charge is -2.02. The second kappa shape index (κ2) is 6.18. The minimum absolute atomic E-state index is 0.131. The molecule has 1 aromatic rings. The van der Waals surface area contributed by atoms with Crippen LogP contribution in [0.1, 0.15) is 31.9 Å². The Bertz CT molecular complexity index is 257. The summed E-state index contributed by atoms with van der Waals surface area (Å²) in [6, 6.07) is 0. The van der Waals surface area contributed by atoms with E-state index >= 15 is 0 Å². The summed E-state index contributed by atoms with van der Waals surface area (Å²) in [5.74, 6) is -0.131. The molecular formula is C10H16N2O2. The number of hydrogen-bond acceptors (Lipinski definition) is 3. The fourth-order valence-electron chi connectivity index (χ4n) is 1.06. The fourth-order valence-corrected chi connectivity index (χ4v) is 1.06. The standard InChI is InChI=1S/C10H16N2O2/c1-2-3-6-14-10(13)5-4-9-7-11-8-12-9/h7-8H,2-6H2,1H3,(H,11,12). The van der Waals surface area contributed by atoms with Gasteiger partial charge >= 0.3 is 5.97 Å². The zero-order valence-electron chi connectivity index (χ0n) is 8.45. The minimum atomic E-state index is -0.131. The van der Waals surface area contributed by atoms with E-state index in [4.69, 9.17) is 4.74 Å². The number of carbonyl (C=O) groups is 1. The number of aromatic nitrogens is 2. The number of aryl methyl sites for hydroxylation is 1. The van der Waals surface area contributed by atoms with Crippen LogP contribution in [-0.4, -0.2) is 22.5 Å². The third-order valence-electron chi connectivity index (χ3n) is 1.91. The Kier molecular flexibility index (Phi) is 4.75. The molecule has 0 amide bonds. The van der Waals surface area contributed by atoms with Crippen LogP contribution in [-0.2, 0) is 16.0 Å². The van der Waals surface area contributed by atoms with Gasteiger partial charge in [-0.05, 0) is 12.8 Å². The molecule has 0 aliphatic heterocycles. The first-order chi connectivity index (χ1) is 6.83. The summed E-state index contributed by atoms with van der Waals surface area (Å²) >= 11 is 0. The number of esters is 1. The van der Waals surface area contributed by atoms with Crippen molar-refractivity contribution in [3.63, 3.8) is 0 Å². The average molecular weight is 196 g/mol. The first-order valence-electron chi connectivity index (χ1n) is 4.95. The Hall–Kier alpha value is -1.32. The lowest BCUT2D eigenvalue weighted by atomic mass is 10.2. The van der Waals surface area contributed by atoms with Gasteiger partial charge in [0.2, 0.25) is 0 Å². The van der Waals surface area contributed by atoms with Gasteiger partial charge in [0.1, 0.15) is 0 Å². The Labute approximate surface area is 83.7 Å². The van der Waals surface area contributed by atoms with Crippen molar-refractivity contribution in [2.45, 2.75) is 32.6 Å². The Balaban J connectivity index is 2.09. The van der Waals surface area contributed by atoms with Crippen molar-refractivity contribution in [2.75, 3.05) is 6.61 Å². The van der Waals surface area contributed by atoms with Crippen molar-refractivity contribution in [2.24, 2.45) is 0 Å². The van der Waals surface area contributed by atoms with Gasteiger partial charge in [0.15, 0.2) is 0 Å². The first kappa shape index (κ1) is 10.8. The zero-order chi connectivity index (χ0) is 10.2. The molecular weight excluding hydrogens is 180 g/mol. The monoisotopic (exact) mass is 196 g/mol. The molecule has 0 unspecified atom stereocenters. The van der Waals surface area contributed by atoms with Gasteiger partial charge in [-0.15, -0.1) is 0 Å². The molecule has 0 saturated carbocycles. The summed E-state index contributed by atoms with van der Waals surface area (Å²) in [5.41, 5.74) is 0.970. The molecule has 1 rings (SSSR count). The highest BCUT2D eigenvalue weighted by Crippen LogP contribution is 1.99. The number of carbonyl (C=O) groups excluding carboxylic acids is 1. The van der Waals surface area contributed by atoms with E-state index in [1.165, 1.54) is 0 Å². The normalized spacial score (nSPS) is 10.1. The quantitative estimate of drug-likeness (QED) is 0.556. The molecule has 0 atom stereocenters. The third-order valence-corrected chi connectivity index (χ3v) is 1.91. The molecule has 1 heterocycles. The van der Waals surface area contributed by atoms with Gasteiger partial charge < -0.3 is 9.72 Å². The van der Waals surface area contributed by atoms with E-state index < -0.39 is 0 Å². The molecule has 0 bridgehead atoms. The number of nitrogens with zero attached hydrogens (tertiary/aromatic N) is 1. The zero-order valence-corrected chi connectivity index (χ0v) is 8.45. The van der Waals surface area contributed by atoms with Crippen molar-refractivity contribution in [3.8, 4) is 0 Å². The van der Waals surface area contributed by atoms with Gasteiger partial charge in [0.25, 0.3) is 0 Å². The number of imidazole rings is 1. The molecule has 0 aromatic carbocycles. The van der Waals surface area contributed by atoms with E-state index in [9.17, 15) is 4.79 Å². The van der Waals surface area contributed by atoms with Crippen LogP contribution in [0.2, 0.25) is 0 Å². The van der Waals surface area contributed by atoms with E-state index in [0.29, 0.717) is 19.4 Å². The summed E-state index contributed by atoms with van der Waals surface area (Å²) < 4.78 is 5.01. The number of aromatic amines is 1. The highest BCUT2D eigenvalue weighted by molar-refractivity contribution is 5.69. The maximum absolute atomic E-state index is 11.2. The third kappa shape index (κ3) is 4.07. The molecule has 0 radical (unpaired) electrons. The molecule has 0 spiro atoms.